The number of aliphatic hydroxyl groups excluding tert-OH is 1. The summed E-state index contributed by atoms with van der Waals surface area (Å²) in [6.07, 6.45) is 0.573. The van der Waals surface area contributed by atoms with Gasteiger partial charge in [0.1, 0.15) is 23.1 Å². The zero-order chi connectivity index (χ0) is 21.1. The SMILES string of the molecule is CCCN1C(=O)C(=O)/C(=C(/O)c2ccc(OC)cc2OC)C1c1ccccc1F. The maximum absolute atomic E-state index is 14.6. The molecule has 0 aliphatic carbocycles. The second-order valence-corrected chi connectivity index (χ2v) is 6.58. The molecule has 6 nitrogen and oxygen atoms in total. The number of Topliss-reactive ketones (excluding diaryl/α,β-unsaturated/α-hetero) is 1. The number of methoxy groups -OCH3 is 2. The molecule has 0 spiro atoms. The summed E-state index contributed by atoms with van der Waals surface area (Å²) in [5, 5.41) is 11.0. The summed E-state index contributed by atoms with van der Waals surface area (Å²) >= 11 is 0. The molecule has 29 heavy (non-hydrogen) atoms. The number of benzene rings is 2. The number of halogens is 1. The first kappa shape index (κ1) is 20.4. The van der Waals surface area contributed by atoms with Crippen molar-refractivity contribution in [2.24, 2.45) is 0 Å². The monoisotopic (exact) mass is 399 g/mol. The summed E-state index contributed by atoms with van der Waals surface area (Å²) in [5.41, 5.74) is 0.190. The van der Waals surface area contributed by atoms with E-state index in [-0.39, 0.29) is 29.0 Å². The van der Waals surface area contributed by atoms with Crippen LogP contribution in [0.5, 0.6) is 11.5 Å². The second-order valence-electron chi connectivity index (χ2n) is 6.58. The number of carbonyl (C=O) groups excluding carboxylic acids is 2. The molecular weight excluding hydrogens is 377 g/mol. The van der Waals surface area contributed by atoms with Crippen LogP contribution in [0.2, 0.25) is 0 Å². The van der Waals surface area contributed by atoms with E-state index in [0.717, 1.165) is 0 Å². The van der Waals surface area contributed by atoms with E-state index in [2.05, 4.69) is 0 Å². The summed E-state index contributed by atoms with van der Waals surface area (Å²) in [5.74, 6) is -1.86. The van der Waals surface area contributed by atoms with Crippen molar-refractivity contribution in [1.29, 1.82) is 0 Å². The number of nitrogens with zero attached hydrogens (tertiary/aromatic N) is 1. The lowest BCUT2D eigenvalue weighted by Crippen LogP contribution is -2.30. The van der Waals surface area contributed by atoms with Crippen LogP contribution in [-0.2, 0) is 9.59 Å². The zero-order valence-electron chi connectivity index (χ0n) is 16.4. The number of hydrogen-bond donors (Lipinski definition) is 1. The highest BCUT2D eigenvalue weighted by Gasteiger charge is 2.46. The third-order valence-electron chi connectivity index (χ3n) is 4.87. The molecule has 1 N–H and O–H groups in total. The molecule has 0 aromatic heterocycles. The number of ketones is 1. The first-order valence-corrected chi connectivity index (χ1v) is 9.19. The van der Waals surface area contributed by atoms with E-state index in [9.17, 15) is 19.1 Å². The predicted octanol–water partition coefficient (Wildman–Crippen LogP) is 3.67. The molecule has 2 aromatic rings. The topological polar surface area (TPSA) is 76.1 Å². The van der Waals surface area contributed by atoms with Gasteiger partial charge >= 0.3 is 0 Å². The van der Waals surface area contributed by atoms with Gasteiger partial charge in [0.25, 0.3) is 11.7 Å². The van der Waals surface area contributed by atoms with Crippen LogP contribution < -0.4 is 9.47 Å². The smallest absolute Gasteiger partial charge is 0.295 e. The Labute approximate surface area is 168 Å². The fourth-order valence-corrected chi connectivity index (χ4v) is 3.51. The Morgan fingerprint density at radius 3 is 2.48 bits per heavy atom. The van der Waals surface area contributed by atoms with Gasteiger partial charge in [0.15, 0.2) is 0 Å². The van der Waals surface area contributed by atoms with Crippen molar-refractivity contribution in [2.75, 3.05) is 20.8 Å². The van der Waals surface area contributed by atoms with Gasteiger partial charge in [0, 0.05) is 18.2 Å². The Bertz CT molecular complexity index is 985. The van der Waals surface area contributed by atoms with E-state index < -0.39 is 29.3 Å². The molecule has 1 amide bonds. The van der Waals surface area contributed by atoms with Crippen molar-refractivity contribution in [1.82, 2.24) is 4.90 Å². The molecule has 152 valence electrons. The van der Waals surface area contributed by atoms with Gasteiger partial charge in [-0.2, -0.15) is 0 Å². The fourth-order valence-electron chi connectivity index (χ4n) is 3.51. The molecule has 1 atom stereocenters. The van der Waals surface area contributed by atoms with Gasteiger partial charge in [-0.1, -0.05) is 25.1 Å². The van der Waals surface area contributed by atoms with E-state index in [1.54, 1.807) is 18.2 Å². The summed E-state index contributed by atoms with van der Waals surface area (Å²) < 4.78 is 25.1. The molecule has 1 unspecified atom stereocenters. The standard InChI is InChI=1S/C22H22FNO5/c1-4-11-24-19(14-7-5-6-8-16(14)23)18(21(26)22(24)27)20(25)15-10-9-13(28-2)12-17(15)29-3/h5-10,12,19,25H,4,11H2,1-3H3/b20-18+. The summed E-state index contributed by atoms with van der Waals surface area (Å²) in [6.45, 7) is 2.10. The van der Waals surface area contributed by atoms with Crippen LogP contribution >= 0.6 is 0 Å². The summed E-state index contributed by atoms with van der Waals surface area (Å²) in [6, 6.07) is 9.56. The van der Waals surface area contributed by atoms with E-state index in [0.29, 0.717) is 12.2 Å². The predicted molar refractivity (Wildman–Crippen MR) is 105 cm³/mol. The van der Waals surface area contributed by atoms with Crippen LogP contribution in [0.15, 0.2) is 48.0 Å². The maximum atomic E-state index is 14.6. The van der Waals surface area contributed by atoms with Gasteiger partial charge in [-0.05, 0) is 24.6 Å². The lowest BCUT2D eigenvalue weighted by Gasteiger charge is -2.25. The molecule has 0 bridgehead atoms. The average molecular weight is 399 g/mol. The van der Waals surface area contributed by atoms with Crippen LogP contribution in [0.4, 0.5) is 4.39 Å². The average Bonchev–Trinajstić information content (AvgIpc) is 2.98. The molecule has 1 fully saturated rings. The Morgan fingerprint density at radius 2 is 1.86 bits per heavy atom. The highest BCUT2D eigenvalue weighted by Crippen LogP contribution is 2.42. The third kappa shape index (κ3) is 3.55. The largest absolute Gasteiger partial charge is 0.507 e. The Kier molecular flexibility index (Phi) is 5.87. The number of aliphatic hydroxyl groups is 1. The van der Waals surface area contributed by atoms with Crippen LogP contribution in [0, 0.1) is 5.82 Å². The van der Waals surface area contributed by atoms with Crippen molar-refractivity contribution in [3.63, 3.8) is 0 Å². The molecule has 0 radical (unpaired) electrons. The second kappa shape index (κ2) is 8.34. The van der Waals surface area contributed by atoms with E-state index in [4.69, 9.17) is 9.47 Å². The molecule has 0 saturated carbocycles. The van der Waals surface area contributed by atoms with Gasteiger partial charge in [-0.15, -0.1) is 0 Å². The van der Waals surface area contributed by atoms with Crippen molar-refractivity contribution in [2.45, 2.75) is 19.4 Å². The summed E-state index contributed by atoms with van der Waals surface area (Å²) in [7, 11) is 2.90. The van der Waals surface area contributed by atoms with Crippen LogP contribution in [0.1, 0.15) is 30.5 Å². The molecule has 7 heteroatoms. The first-order chi connectivity index (χ1) is 13.9. The van der Waals surface area contributed by atoms with Gasteiger partial charge in [-0.25, -0.2) is 4.39 Å². The minimum absolute atomic E-state index is 0.147. The zero-order valence-corrected chi connectivity index (χ0v) is 16.4. The molecule has 1 heterocycles. The van der Waals surface area contributed by atoms with E-state index in [1.807, 2.05) is 6.92 Å². The normalized spacial score (nSPS) is 18.2. The van der Waals surface area contributed by atoms with Crippen molar-refractivity contribution < 1.29 is 28.6 Å². The van der Waals surface area contributed by atoms with Crippen LogP contribution in [0.3, 0.4) is 0 Å². The van der Waals surface area contributed by atoms with Gasteiger partial charge in [-0.3, -0.25) is 9.59 Å². The highest BCUT2D eigenvalue weighted by molar-refractivity contribution is 6.46. The van der Waals surface area contributed by atoms with Gasteiger partial charge in [0.05, 0.1) is 31.4 Å². The first-order valence-electron chi connectivity index (χ1n) is 9.19. The Balaban J connectivity index is 2.25. The lowest BCUT2D eigenvalue weighted by atomic mass is 9.94. The minimum Gasteiger partial charge on any atom is -0.507 e. The van der Waals surface area contributed by atoms with Gasteiger partial charge in [0.2, 0.25) is 0 Å². The Hall–Kier alpha value is -3.35. The molecule has 1 saturated heterocycles. The van der Waals surface area contributed by atoms with Crippen molar-refractivity contribution >= 4 is 17.4 Å². The number of amides is 1. The van der Waals surface area contributed by atoms with Crippen molar-refractivity contribution in [3.8, 4) is 11.5 Å². The third-order valence-corrected chi connectivity index (χ3v) is 4.87. The minimum atomic E-state index is -1.03. The molecule has 1 aliphatic rings. The van der Waals surface area contributed by atoms with Crippen LogP contribution in [0.25, 0.3) is 5.76 Å². The molecule has 1 aliphatic heterocycles. The fraction of sp³-hybridized carbons (Fsp3) is 0.273. The maximum Gasteiger partial charge on any atom is 0.295 e. The summed E-state index contributed by atoms with van der Waals surface area (Å²) in [4.78, 5) is 26.8. The van der Waals surface area contributed by atoms with Crippen LogP contribution in [-0.4, -0.2) is 42.5 Å². The quantitative estimate of drug-likeness (QED) is 0.456. The molecule has 3 rings (SSSR count). The Morgan fingerprint density at radius 1 is 1.14 bits per heavy atom. The number of hydrogen-bond acceptors (Lipinski definition) is 5. The number of carbonyl (C=O) groups is 2. The van der Waals surface area contributed by atoms with E-state index in [1.165, 1.54) is 43.4 Å². The van der Waals surface area contributed by atoms with Crippen molar-refractivity contribution in [3.05, 3.63) is 65.0 Å². The number of likely N-dealkylation sites (tertiary alicyclic amines) is 1. The highest BCUT2D eigenvalue weighted by atomic mass is 19.1. The molecule has 2 aromatic carbocycles. The van der Waals surface area contributed by atoms with Gasteiger partial charge < -0.3 is 19.5 Å². The number of ether oxygens (including phenoxy) is 2. The number of rotatable bonds is 6. The lowest BCUT2D eigenvalue weighted by molar-refractivity contribution is -0.139. The van der Waals surface area contributed by atoms with E-state index >= 15 is 0 Å². The molecular formula is C22H22FNO5.